The maximum Gasteiger partial charge on any atom is 0.224 e. The number of H-pyrrole nitrogens is 1. The number of oxime groups is 1. The first-order chi connectivity index (χ1) is 10.1. The number of aromatic nitrogens is 2. The van der Waals surface area contributed by atoms with Crippen molar-refractivity contribution in [3.05, 3.63) is 52.8 Å². The molecule has 0 radical (unpaired) electrons. The number of hydrogen-bond acceptors (Lipinski definition) is 4. The highest BCUT2D eigenvalue weighted by Gasteiger charge is 2.06. The van der Waals surface area contributed by atoms with Crippen LogP contribution in [0.5, 0.6) is 0 Å². The van der Waals surface area contributed by atoms with E-state index in [2.05, 4.69) is 20.7 Å². The molecular weight excluding hydrogens is 270 g/mol. The number of aromatic amines is 1. The molecule has 1 aromatic carbocycles. The summed E-state index contributed by atoms with van der Waals surface area (Å²) in [6.07, 6.45) is 1.97. The SMILES string of the molecule is Cc1[nH]ncc1CNC(=O)Cc1ccc(C(N)=NO)cc1. The van der Waals surface area contributed by atoms with Crippen LogP contribution in [0.1, 0.15) is 22.4 Å². The summed E-state index contributed by atoms with van der Waals surface area (Å²) < 4.78 is 0. The Morgan fingerprint density at radius 1 is 1.43 bits per heavy atom. The second-order valence-corrected chi connectivity index (χ2v) is 4.66. The van der Waals surface area contributed by atoms with Gasteiger partial charge in [-0.2, -0.15) is 5.10 Å². The molecule has 21 heavy (non-hydrogen) atoms. The lowest BCUT2D eigenvalue weighted by atomic mass is 10.1. The minimum Gasteiger partial charge on any atom is -0.409 e. The number of aryl methyl sites for hydroxylation is 1. The van der Waals surface area contributed by atoms with Crippen molar-refractivity contribution in [3.63, 3.8) is 0 Å². The number of rotatable bonds is 5. The molecule has 0 saturated heterocycles. The Kier molecular flexibility index (Phi) is 4.55. The standard InChI is InChI=1S/C14H17N5O2/c1-9-12(8-17-18-9)7-16-13(20)6-10-2-4-11(5-3-10)14(15)19-21/h2-5,8,21H,6-7H2,1H3,(H2,15,19)(H,16,20)(H,17,18). The quantitative estimate of drug-likeness (QED) is 0.280. The highest BCUT2D eigenvalue weighted by atomic mass is 16.4. The van der Waals surface area contributed by atoms with Gasteiger partial charge in [-0.25, -0.2) is 0 Å². The minimum atomic E-state index is -0.0767. The number of nitrogens with one attached hydrogen (secondary N) is 2. The Labute approximate surface area is 121 Å². The molecule has 0 fully saturated rings. The van der Waals surface area contributed by atoms with Crippen molar-refractivity contribution in [3.8, 4) is 0 Å². The van der Waals surface area contributed by atoms with Crippen molar-refractivity contribution in [2.75, 3.05) is 0 Å². The molecule has 1 aromatic heterocycles. The van der Waals surface area contributed by atoms with Gasteiger partial charge in [0.1, 0.15) is 0 Å². The molecule has 0 aliphatic rings. The summed E-state index contributed by atoms with van der Waals surface area (Å²) in [5.74, 6) is -0.0337. The maximum absolute atomic E-state index is 11.9. The van der Waals surface area contributed by atoms with Gasteiger partial charge in [0.05, 0.1) is 12.6 Å². The van der Waals surface area contributed by atoms with Gasteiger partial charge in [0.25, 0.3) is 0 Å². The van der Waals surface area contributed by atoms with E-state index in [9.17, 15) is 4.79 Å². The van der Waals surface area contributed by atoms with Crippen LogP contribution in [-0.4, -0.2) is 27.1 Å². The molecule has 1 amide bonds. The molecule has 0 bridgehead atoms. The van der Waals surface area contributed by atoms with Crippen molar-refractivity contribution < 1.29 is 10.0 Å². The van der Waals surface area contributed by atoms with Crippen molar-refractivity contribution in [1.82, 2.24) is 15.5 Å². The van der Waals surface area contributed by atoms with Gasteiger partial charge < -0.3 is 16.3 Å². The molecule has 0 aliphatic heterocycles. The number of nitrogens with two attached hydrogens (primary N) is 1. The fourth-order valence-electron chi connectivity index (χ4n) is 1.85. The predicted molar refractivity (Wildman–Crippen MR) is 77.8 cm³/mol. The Morgan fingerprint density at radius 3 is 2.71 bits per heavy atom. The molecule has 0 spiro atoms. The highest BCUT2D eigenvalue weighted by Crippen LogP contribution is 2.06. The van der Waals surface area contributed by atoms with Crippen LogP contribution in [0, 0.1) is 6.92 Å². The predicted octanol–water partition coefficient (Wildman–Crippen LogP) is 0.672. The van der Waals surface area contributed by atoms with Crippen LogP contribution in [-0.2, 0) is 17.8 Å². The van der Waals surface area contributed by atoms with Crippen molar-refractivity contribution in [2.24, 2.45) is 10.9 Å². The second-order valence-electron chi connectivity index (χ2n) is 4.66. The van der Waals surface area contributed by atoms with E-state index in [0.717, 1.165) is 16.8 Å². The molecule has 0 atom stereocenters. The summed E-state index contributed by atoms with van der Waals surface area (Å²) in [4.78, 5) is 11.9. The van der Waals surface area contributed by atoms with Crippen LogP contribution >= 0.6 is 0 Å². The molecule has 7 nitrogen and oxygen atoms in total. The Bertz CT molecular complexity index is 646. The van der Waals surface area contributed by atoms with Crippen molar-refractivity contribution in [1.29, 1.82) is 0 Å². The molecule has 7 heteroatoms. The number of carbonyl (C=O) groups is 1. The van der Waals surface area contributed by atoms with Gasteiger partial charge in [-0.1, -0.05) is 29.4 Å². The van der Waals surface area contributed by atoms with Crippen LogP contribution in [0.3, 0.4) is 0 Å². The van der Waals surface area contributed by atoms with E-state index < -0.39 is 0 Å². The molecule has 1 heterocycles. The topological polar surface area (TPSA) is 116 Å². The lowest BCUT2D eigenvalue weighted by Crippen LogP contribution is -2.24. The van der Waals surface area contributed by atoms with E-state index in [1.54, 1.807) is 30.5 Å². The summed E-state index contributed by atoms with van der Waals surface area (Å²) in [5, 5.41) is 21.1. The van der Waals surface area contributed by atoms with E-state index >= 15 is 0 Å². The van der Waals surface area contributed by atoms with Crippen LogP contribution in [0.4, 0.5) is 0 Å². The Hall–Kier alpha value is -2.83. The fourth-order valence-corrected chi connectivity index (χ4v) is 1.85. The monoisotopic (exact) mass is 287 g/mol. The zero-order valence-corrected chi connectivity index (χ0v) is 11.6. The van der Waals surface area contributed by atoms with Crippen molar-refractivity contribution in [2.45, 2.75) is 19.9 Å². The molecule has 0 unspecified atom stereocenters. The van der Waals surface area contributed by atoms with Gasteiger partial charge in [-0.3, -0.25) is 9.89 Å². The van der Waals surface area contributed by atoms with Crippen LogP contribution < -0.4 is 11.1 Å². The van der Waals surface area contributed by atoms with Crippen molar-refractivity contribution >= 4 is 11.7 Å². The zero-order valence-electron chi connectivity index (χ0n) is 11.6. The maximum atomic E-state index is 11.9. The van der Waals surface area contributed by atoms with Gasteiger partial charge in [0.2, 0.25) is 5.91 Å². The average molecular weight is 287 g/mol. The first kappa shape index (κ1) is 14.6. The van der Waals surface area contributed by atoms with E-state index in [-0.39, 0.29) is 18.2 Å². The highest BCUT2D eigenvalue weighted by molar-refractivity contribution is 5.97. The number of amides is 1. The summed E-state index contributed by atoms with van der Waals surface area (Å²) in [6.45, 7) is 2.35. The van der Waals surface area contributed by atoms with Gasteiger partial charge >= 0.3 is 0 Å². The van der Waals surface area contributed by atoms with E-state index in [1.165, 1.54) is 0 Å². The molecule has 110 valence electrons. The number of nitrogens with zero attached hydrogens (tertiary/aromatic N) is 2. The summed E-state index contributed by atoms with van der Waals surface area (Å²) in [6, 6.07) is 6.96. The Morgan fingerprint density at radius 2 is 2.14 bits per heavy atom. The number of hydrogen-bond donors (Lipinski definition) is 4. The minimum absolute atomic E-state index is 0.0430. The summed E-state index contributed by atoms with van der Waals surface area (Å²) in [7, 11) is 0. The molecular formula is C14H17N5O2. The van der Waals surface area contributed by atoms with Gasteiger partial charge in [0.15, 0.2) is 5.84 Å². The van der Waals surface area contributed by atoms with E-state index in [4.69, 9.17) is 10.9 Å². The van der Waals surface area contributed by atoms with Gasteiger partial charge in [0, 0.05) is 23.4 Å². The number of amidine groups is 1. The Balaban J connectivity index is 1.89. The molecule has 2 aromatic rings. The zero-order chi connectivity index (χ0) is 15.2. The fraction of sp³-hybridized carbons (Fsp3) is 0.214. The molecule has 2 rings (SSSR count). The molecule has 0 aliphatic carbocycles. The average Bonchev–Trinajstić information content (AvgIpc) is 2.90. The third-order valence-corrected chi connectivity index (χ3v) is 3.13. The van der Waals surface area contributed by atoms with E-state index in [0.29, 0.717) is 12.1 Å². The third-order valence-electron chi connectivity index (χ3n) is 3.13. The van der Waals surface area contributed by atoms with Crippen LogP contribution in [0.2, 0.25) is 0 Å². The van der Waals surface area contributed by atoms with Gasteiger partial charge in [-0.15, -0.1) is 0 Å². The lowest BCUT2D eigenvalue weighted by molar-refractivity contribution is -0.120. The first-order valence-electron chi connectivity index (χ1n) is 6.42. The van der Waals surface area contributed by atoms with E-state index in [1.807, 2.05) is 6.92 Å². The number of benzene rings is 1. The number of carbonyl (C=O) groups excluding carboxylic acids is 1. The van der Waals surface area contributed by atoms with Crippen LogP contribution in [0.25, 0.3) is 0 Å². The first-order valence-corrected chi connectivity index (χ1v) is 6.42. The molecule has 5 N–H and O–H groups in total. The second kappa shape index (κ2) is 6.56. The van der Waals surface area contributed by atoms with Crippen LogP contribution in [0.15, 0.2) is 35.6 Å². The summed E-state index contributed by atoms with van der Waals surface area (Å²) >= 11 is 0. The molecule has 0 saturated carbocycles. The summed E-state index contributed by atoms with van der Waals surface area (Å²) in [5.41, 5.74) is 8.84. The lowest BCUT2D eigenvalue weighted by Gasteiger charge is -2.05. The van der Waals surface area contributed by atoms with Gasteiger partial charge in [-0.05, 0) is 12.5 Å². The third kappa shape index (κ3) is 3.82. The smallest absolute Gasteiger partial charge is 0.224 e. The normalized spacial score (nSPS) is 11.4. The largest absolute Gasteiger partial charge is 0.409 e.